The van der Waals surface area contributed by atoms with Gasteiger partial charge in [0.05, 0.1) is 27.8 Å². The largest absolute Gasteiger partial charge is 0.309 e. The van der Waals surface area contributed by atoms with Gasteiger partial charge in [-0.2, -0.15) is 0 Å². The highest BCUT2D eigenvalue weighted by molar-refractivity contribution is 6.12. The maximum Gasteiger partial charge on any atom is 0.235 e. The minimum atomic E-state index is -0.237. The van der Waals surface area contributed by atoms with Crippen LogP contribution in [-0.2, 0) is 0 Å². The van der Waals surface area contributed by atoms with Gasteiger partial charge >= 0.3 is 0 Å². The van der Waals surface area contributed by atoms with Crippen molar-refractivity contribution in [2.75, 3.05) is 0 Å². The number of hydrogen-bond donors (Lipinski definition) is 0. The van der Waals surface area contributed by atoms with Crippen molar-refractivity contribution in [1.82, 2.24) is 19.1 Å². The van der Waals surface area contributed by atoms with E-state index >= 15 is 0 Å². The Labute approximate surface area is 293 Å². The molecule has 4 nitrogen and oxygen atoms in total. The van der Waals surface area contributed by atoms with Gasteiger partial charge in [-0.25, -0.2) is 14.4 Å². The molecule has 0 bridgehead atoms. The molecule has 7 aromatic carbocycles. The molecule has 240 valence electrons. The van der Waals surface area contributed by atoms with E-state index in [0.29, 0.717) is 5.95 Å². The summed E-state index contributed by atoms with van der Waals surface area (Å²) in [6, 6.07) is 57.6. The molecule has 0 spiro atoms. The number of fused-ring (bicyclic) bond motifs is 6. The molecule has 10 aromatic rings. The topological polar surface area (TPSA) is 35.6 Å². The predicted molar refractivity (Wildman–Crippen MR) is 207 cm³/mol. The van der Waals surface area contributed by atoms with E-state index in [1.165, 1.54) is 27.9 Å². The summed E-state index contributed by atoms with van der Waals surface area (Å²) in [6.45, 7) is 0. The molecule has 0 saturated carbocycles. The summed E-state index contributed by atoms with van der Waals surface area (Å²) in [6.07, 6.45) is 1.84. The zero-order valence-electron chi connectivity index (χ0n) is 27.4. The molecule has 0 saturated heterocycles. The fourth-order valence-corrected chi connectivity index (χ4v) is 7.51. The van der Waals surface area contributed by atoms with Crippen LogP contribution in [0.3, 0.4) is 0 Å². The van der Waals surface area contributed by atoms with Gasteiger partial charge in [0, 0.05) is 39.0 Å². The monoisotopic (exact) mass is 656 g/mol. The molecule has 51 heavy (non-hydrogen) atoms. The van der Waals surface area contributed by atoms with E-state index in [2.05, 4.69) is 137 Å². The molecule has 0 unspecified atom stereocenters. The molecule has 3 aromatic heterocycles. The number of rotatable bonds is 5. The van der Waals surface area contributed by atoms with Crippen LogP contribution >= 0.6 is 0 Å². The van der Waals surface area contributed by atoms with Crippen LogP contribution in [0.2, 0.25) is 0 Å². The van der Waals surface area contributed by atoms with Crippen molar-refractivity contribution in [3.63, 3.8) is 0 Å². The third-order valence-electron chi connectivity index (χ3n) is 9.87. The third-order valence-corrected chi connectivity index (χ3v) is 9.87. The number of para-hydroxylation sites is 3. The number of halogens is 1. The second-order valence-electron chi connectivity index (χ2n) is 12.8. The first-order chi connectivity index (χ1) is 25.2. The standard InChI is InChI=1S/C46H29FN4/c47-35-12-8-10-33(28-35)31-21-19-30(20-22-31)32-9-7-11-34(27-32)41-25-26-48-46(49-41)51-44-18-6-3-15-39(44)40-29-36(23-24-45(40)51)50-42-16-4-1-13-37(42)38-14-2-5-17-43(38)50/h1-29H. The lowest BCUT2D eigenvalue weighted by molar-refractivity contribution is 0.628. The molecule has 3 heterocycles. The predicted octanol–water partition coefficient (Wildman–Crippen LogP) is 11.8. The number of hydrogen-bond acceptors (Lipinski definition) is 2. The van der Waals surface area contributed by atoms with E-state index in [9.17, 15) is 4.39 Å². The van der Waals surface area contributed by atoms with Gasteiger partial charge in [0.15, 0.2) is 0 Å². The summed E-state index contributed by atoms with van der Waals surface area (Å²) in [4.78, 5) is 9.95. The normalized spacial score (nSPS) is 11.6. The van der Waals surface area contributed by atoms with E-state index in [1.807, 2.05) is 30.5 Å². The Morgan fingerprint density at radius 1 is 0.392 bits per heavy atom. The van der Waals surface area contributed by atoms with Crippen molar-refractivity contribution < 1.29 is 4.39 Å². The summed E-state index contributed by atoms with van der Waals surface area (Å²) < 4.78 is 18.3. The molecule has 5 heteroatoms. The molecule has 0 aliphatic heterocycles. The number of aromatic nitrogens is 4. The van der Waals surface area contributed by atoms with E-state index < -0.39 is 0 Å². The first-order valence-corrected chi connectivity index (χ1v) is 17.0. The third kappa shape index (κ3) is 4.82. The van der Waals surface area contributed by atoms with Crippen LogP contribution in [0, 0.1) is 5.82 Å². The second kappa shape index (κ2) is 11.6. The molecule has 0 aliphatic carbocycles. The van der Waals surface area contributed by atoms with Gasteiger partial charge in [0.2, 0.25) is 5.95 Å². The lowest BCUT2D eigenvalue weighted by atomic mass is 9.98. The average Bonchev–Trinajstić information content (AvgIpc) is 3.71. The summed E-state index contributed by atoms with van der Waals surface area (Å²) in [7, 11) is 0. The lowest BCUT2D eigenvalue weighted by Crippen LogP contribution is -2.02. The van der Waals surface area contributed by atoms with E-state index in [4.69, 9.17) is 9.97 Å². The maximum absolute atomic E-state index is 13.8. The Morgan fingerprint density at radius 3 is 1.61 bits per heavy atom. The van der Waals surface area contributed by atoms with Crippen LogP contribution in [0.4, 0.5) is 4.39 Å². The van der Waals surface area contributed by atoms with Crippen LogP contribution in [0.25, 0.3) is 88.8 Å². The summed E-state index contributed by atoms with van der Waals surface area (Å²) in [5.41, 5.74) is 11.4. The molecular weight excluding hydrogens is 628 g/mol. The highest BCUT2D eigenvalue weighted by atomic mass is 19.1. The van der Waals surface area contributed by atoms with Crippen molar-refractivity contribution in [1.29, 1.82) is 0 Å². The molecular formula is C46H29FN4. The number of nitrogens with zero attached hydrogens (tertiary/aromatic N) is 4. The Bertz CT molecular complexity index is 2880. The Morgan fingerprint density at radius 2 is 0.941 bits per heavy atom. The fraction of sp³-hybridized carbons (Fsp3) is 0. The molecule has 10 rings (SSSR count). The average molecular weight is 657 g/mol. The first kappa shape index (κ1) is 29.1. The van der Waals surface area contributed by atoms with Gasteiger partial charge in [-0.05, 0) is 82.9 Å². The smallest absolute Gasteiger partial charge is 0.235 e. The van der Waals surface area contributed by atoms with Gasteiger partial charge in [-0.1, -0.05) is 109 Å². The highest BCUT2D eigenvalue weighted by Gasteiger charge is 2.18. The fourth-order valence-electron chi connectivity index (χ4n) is 7.51. The van der Waals surface area contributed by atoms with E-state index in [1.54, 1.807) is 12.1 Å². The van der Waals surface area contributed by atoms with Gasteiger partial charge in [0.25, 0.3) is 0 Å². The quantitative estimate of drug-likeness (QED) is 0.185. The number of benzene rings is 7. The Hall–Kier alpha value is -6.85. The second-order valence-corrected chi connectivity index (χ2v) is 12.8. The molecule has 0 radical (unpaired) electrons. The van der Waals surface area contributed by atoms with Gasteiger partial charge < -0.3 is 4.57 Å². The van der Waals surface area contributed by atoms with Crippen molar-refractivity contribution in [2.45, 2.75) is 0 Å². The molecule has 0 aliphatic rings. The van der Waals surface area contributed by atoms with Crippen molar-refractivity contribution >= 4 is 43.6 Å². The highest BCUT2D eigenvalue weighted by Crippen LogP contribution is 2.37. The summed E-state index contributed by atoms with van der Waals surface area (Å²) in [5.74, 6) is 0.381. The summed E-state index contributed by atoms with van der Waals surface area (Å²) >= 11 is 0. The van der Waals surface area contributed by atoms with Gasteiger partial charge in [-0.3, -0.25) is 4.57 Å². The maximum atomic E-state index is 13.8. The van der Waals surface area contributed by atoms with Crippen LogP contribution < -0.4 is 0 Å². The molecule has 0 N–H and O–H groups in total. The first-order valence-electron chi connectivity index (χ1n) is 17.0. The zero-order chi connectivity index (χ0) is 33.9. The minimum Gasteiger partial charge on any atom is -0.309 e. The van der Waals surface area contributed by atoms with Crippen molar-refractivity contribution in [3.05, 3.63) is 182 Å². The SMILES string of the molecule is Fc1cccc(-c2ccc(-c3cccc(-c4ccnc(-n5c6ccccc6c6cc(-n7c8ccccc8c8ccccc87)ccc65)n4)c3)cc2)c1. The Balaban J connectivity index is 1.06. The van der Waals surface area contributed by atoms with Crippen LogP contribution in [0.15, 0.2) is 176 Å². The summed E-state index contributed by atoms with van der Waals surface area (Å²) in [5, 5.41) is 4.77. The van der Waals surface area contributed by atoms with E-state index in [-0.39, 0.29) is 5.82 Å². The van der Waals surface area contributed by atoms with Crippen molar-refractivity contribution in [3.8, 4) is 45.1 Å². The van der Waals surface area contributed by atoms with Crippen LogP contribution in [-0.4, -0.2) is 19.1 Å². The molecule has 0 fully saturated rings. The lowest BCUT2D eigenvalue weighted by Gasteiger charge is -2.11. The minimum absolute atomic E-state index is 0.237. The van der Waals surface area contributed by atoms with Gasteiger partial charge in [-0.15, -0.1) is 0 Å². The van der Waals surface area contributed by atoms with Crippen molar-refractivity contribution in [2.24, 2.45) is 0 Å². The van der Waals surface area contributed by atoms with Crippen LogP contribution in [0.1, 0.15) is 0 Å². The van der Waals surface area contributed by atoms with Crippen LogP contribution in [0.5, 0.6) is 0 Å². The zero-order valence-corrected chi connectivity index (χ0v) is 27.4. The van der Waals surface area contributed by atoms with Gasteiger partial charge in [0.1, 0.15) is 5.82 Å². The van der Waals surface area contributed by atoms with E-state index in [0.717, 1.165) is 61.0 Å². The Kier molecular flexibility index (Phi) is 6.64. The molecule has 0 amide bonds. The molecule has 0 atom stereocenters.